The zero-order chi connectivity index (χ0) is 19.6. The fourth-order valence-electron chi connectivity index (χ4n) is 3.58. The molecule has 7 nitrogen and oxygen atoms in total. The van der Waals surface area contributed by atoms with E-state index in [1.54, 1.807) is 4.90 Å². The van der Waals surface area contributed by atoms with Crippen molar-refractivity contribution in [2.24, 2.45) is 0 Å². The van der Waals surface area contributed by atoms with E-state index in [2.05, 4.69) is 10.4 Å². The molecule has 2 aromatic rings. The highest BCUT2D eigenvalue weighted by atomic mass is 16.4. The molecule has 3 rings (SSSR count). The Bertz CT molecular complexity index is 842. The van der Waals surface area contributed by atoms with Crippen LogP contribution in [0.4, 0.5) is 5.69 Å². The van der Waals surface area contributed by atoms with Gasteiger partial charge in [0.25, 0.3) is 0 Å². The van der Waals surface area contributed by atoms with Crippen LogP contribution in [0, 0.1) is 20.8 Å². The number of carbonyl (C=O) groups is 2. The van der Waals surface area contributed by atoms with Crippen molar-refractivity contribution in [2.45, 2.75) is 46.1 Å². The predicted molar refractivity (Wildman–Crippen MR) is 103 cm³/mol. The Labute approximate surface area is 159 Å². The molecular formula is C20H26N4O3. The second kappa shape index (κ2) is 7.92. The van der Waals surface area contributed by atoms with Crippen molar-refractivity contribution in [3.05, 3.63) is 41.2 Å². The molecular weight excluding hydrogens is 344 g/mol. The number of amides is 1. The highest BCUT2D eigenvalue weighted by molar-refractivity contribution is 5.93. The van der Waals surface area contributed by atoms with Gasteiger partial charge in [-0.15, -0.1) is 0 Å². The van der Waals surface area contributed by atoms with Crippen LogP contribution in [-0.4, -0.2) is 50.8 Å². The van der Waals surface area contributed by atoms with Crippen molar-refractivity contribution in [3.8, 4) is 5.69 Å². The average molecular weight is 370 g/mol. The van der Waals surface area contributed by atoms with E-state index < -0.39 is 12.0 Å². The lowest BCUT2D eigenvalue weighted by Crippen LogP contribution is -2.47. The number of aromatic nitrogens is 2. The number of nitrogens with one attached hydrogen (secondary N) is 1. The Kier molecular flexibility index (Phi) is 5.60. The first-order valence-corrected chi connectivity index (χ1v) is 9.27. The monoisotopic (exact) mass is 370 g/mol. The molecule has 1 atom stereocenters. The summed E-state index contributed by atoms with van der Waals surface area (Å²) in [6.45, 7) is 6.50. The van der Waals surface area contributed by atoms with Gasteiger partial charge in [-0.3, -0.25) is 14.5 Å². The molecule has 0 radical (unpaired) electrons. The summed E-state index contributed by atoms with van der Waals surface area (Å²) in [6, 6.07) is 7.44. The second-order valence-electron chi connectivity index (χ2n) is 7.16. The molecule has 0 saturated carbocycles. The molecule has 1 aromatic heterocycles. The third-order valence-corrected chi connectivity index (χ3v) is 5.08. The number of piperidine rings is 1. The molecule has 1 unspecified atom stereocenters. The molecule has 0 aliphatic carbocycles. The lowest BCUT2D eigenvalue weighted by Gasteiger charge is -2.32. The van der Waals surface area contributed by atoms with Gasteiger partial charge in [0.2, 0.25) is 5.91 Å². The molecule has 2 heterocycles. The Balaban J connectivity index is 1.74. The zero-order valence-corrected chi connectivity index (χ0v) is 16.0. The van der Waals surface area contributed by atoms with Crippen LogP contribution in [0.5, 0.6) is 0 Å². The number of hydrogen-bond acceptors (Lipinski definition) is 4. The summed E-state index contributed by atoms with van der Waals surface area (Å²) in [5.74, 6) is -1.07. The second-order valence-corrected chi connectivity index (χ2v) is 7.16. The first-order chi connectivity index (χ1) is 12.9. The van der Waals surface area contributed by atoms with Gasteiger partial charge in [-0.25, -0.2) is 4.68 Å². The summed E-state index contributed by atoms with van der Waals surface area (Å²) < 4.78 is 1.81. The van der Waals surface area contributed by atoms with Gasteiger partial charge in [-0.1, -0.05) is 24.1 Å². The maximum atomic E-state index is 12.6. The highest BCUT2D eigenvalue weighted by Crippen LogP contribution is 2.23. The number of carbonyl (C=O) groups excluding carboxylic acids is 1. The summed E-state index contributed by atoms with van der Waals surface area (Å²) in [5.41, 5.74) is 4.37. The van der Waals surface area contributed by atoms with Gasteiger partial charge in [0, 0.05) is 0 Å². The van der Waals surface area contributed by atoms with E-state index in [9.17, 15) is 14.7 Å². The quantitative estimate of drug-likeness (QED) is 0.845. The number of anilines is 1. The van der Waals surface area contributed by atoms with Gasteiger partial charge in [0.1, 0.15) is 6.04 Å². The molecule has 0 bridgehead atoms. The topological polar surface area (TPSA) is 87.5 Å². The molecule has 1 aliphatic heterocycles. The van der Waals surface area contributed by atoms with E-state index in [0.29, 0.717) is 18.7 Å². The molecule has 1 aliphatic rings. The lowest BCUT2D eigenvalue weighted by atomic mass is 10.0. The molecule has 0 spiro atoms. The van der Waals surface area contributed by atoms with E-state index in [-0.39, 0.29) is 12.5 Å². The third-order valence-electron chi connectivity index (χ3n) is 5.08. The van der Waals surface area contributed by atoms with Crippen LogP contribution in [0.25, 0.3) is 5.69 Å². The minimum Gasteiger partial charge on any atom is -0.480 e. The highest BCUT2D eigenvalue weighted by Gasteiger charge is 2.30. The molecule has 1 fully saturated rings. The van der Waals surface area contributed by atoms with Gasteiger partial charge < -0.3 is 10.4 Å². The van der Waals surface area contributed by atoms with Gasteiger partial charge in [-0.2, -0.15) is 5.10 Å². The molecule has 1 amide bonds. The van der Waals surface area contributed by atoms with Crippen LogP contribution >= 0.6 is 0 Å². The van der Waals surface area contributed by atoms with E-state index in [1.807, 2.05) is 49.7 Å². The van der Waals surface area contributed by atoms with Gasteiger partial charge in [0.05, 0.1) is 29.3 Å². The number of carboxylic acid groups (broad SMARTS) is 1. The van der Waals surface area contributed by atoms with E-state index in [4.69, 9.17) is 0 Å². The number of aliphatic carboxylic acids is 1. The predicted octanol–water partition coefficient (Wildman–Crippen LogP) is 2.68. The van der Waals surface area contributed by atoms with Crippen molar-refractivity contribution >= 4 is 17.6 Å². The van der Waals surface area contributed by atoms with Gasteiger partial charge in [-0.05, 0) is 52.3 Å². The summed E-state index contributed by atoms with van der Waals surface area (Å²) in [5, 5.41) is 16.8. The van der Waals surface area contributed by atoms with Crippen LogP contribution in [0.2, 0.25) is 0 Å². The van der Waals surface area contributed by atoms with Gasteiger partial charge in [0.15, 0.2) is 0 Å². The molecule has 2 N–H and O–H groups in total. The average Bonchev–Trinajstić information content (AvgIpc) is 2.91. The Morgan fingerprint density at radius 2 is 1.89 bits per heavy atom. The summed E-state index contributed by atoms with van der Waals surface area (Å²) in [6.07, 6.45) is 2.39. The van der Waals surface area contributed by atoms with Crippen LogP contribution < -0.4 is 5.32 Å². The summed E-state index contributed by atoms with van der Waals surface area (Å²) in [7, 11) is 0. The summed E-state index contributed by atoms with van der Waals surface area (Å²) in [4.78, 5) is 25.7. The van der Waals surface area contributed by atoms with Crippen LogP contribution in [0.3, 0.4) is 0 Å². The largest absolute Gasteiger partial charge is 0.480 e. The van der Waals surface area contributed by atoms with Crippen LogP contribution in [0.1, 0.15) is 36.2 Å². The molecule has 1 saturated heterocycles. The van der Waals surface area contributed by atoms with Crippen molar-refractivity contribution in [2.75, 3.05) is 18.4 Å². The Morgan fingerprint density at radius 1 is 1.19 bits per heavy atom. The molecule has 27 heavy (non-hydrogen) atoms. The minimum atomic E-state index is -0.859. The SMILES string of the molecule is Cc1ccc(-n2nc(C)c(NC(=O)CN3CCCCC3C(=O)O)c2C)cc1. The van der Waals surface area contributed by atoms with E-state index >= 15 is 0 Å². The van der Waals surface area contributed by atoms with Crippen molar-refractivity contribution in [1.82, 2.24) is 14.7 Å². The number of carboxylic acids is 1. The van der Waals surface area contributed by atoms with Crippen molar-refractivity contribution < 1.29 is 14.7 Å². The number of nitrogens with zero attached hydrogens (tertiary/aromatic N) is 3. The number of hydrogen-bond donors (Lipinski definition) is 2. The lowest BCUT2D eigenvalue weighted by molar-refractivity contribution is -0.145. The number of likely N-dealkylation sites (tertiary alicyclic amines) is 1. The van der Waals surface area contributed by atoms with Crippen molar-refractivity contribution in [1.29, 1.82) is 0 Å². The molecule has 1 aromatic carbocycles. The first kappa shape index (κ1) is 19.1. The van der Waals surface area contributed by atoms with Crippen LogP contribution in [0.15, 0.2) is 24.3 Å². The number of benzene rings is 1. The van der Waals surface area contributed by atoms with Gasteiger partial charge >= 0.3 is 5.97 Å². The molecule has 144 valence electrons. The maximum Gasteiger partial charge on any atom is 0.320 e. The Hall–Kier alpha value is -2.67. The Morgan fingerprint density at radius 3 is 2.56 bits per heavy atom. The first-order valence-electron chi connectivity index (χ1n) is 9.27. The normalized spacial score (nSPS) is 17.7. The smallest absolute Gasteiger partial charge is 0.320 e. The fourth-order valence-corrected chi connectivity index (χ4v) is 3.58. The fraction of sp³-hybridized carbons (Fsp3) is 0.450. The van der Waals surface area contributed by atoms with E-state index in [1.165, 1.54) is 5.56 Å². The summed E-state index contributed by atoms with van der Waals surface area (Å²) >= 11 is 0. The minimum absolute atomic E-state index is 0.0750. The molecule has 7 heteroatoms. The van der Waals surface area contributed by atoms with Crippen LogP contribution in [-0.2, 0) is 9.59 Å². The van der Waals surface area contributed by atoms with E-state index in [0.717, 1.165) is 29.9 Å². The number of rotatable bonds is 5. The standard InChI is InChI=1S/C20H26N4O3/c1-13-7-9-16(10-8-13)24-15(3)19(14(2)22-24)21-18(25)12-23-11-5-4-6-17(23)20(26)27/h7-10,17H,4-6,11-12H2,1-3H3,(H,21,25)(H,26,27). The zero-order valence-electron chi connectivity index (χ0n) is 16.0. The maximum absolute atomic E-state index is 12.6. The number of aryl methyl sites for hydroxylation is 2. The van der Waals surface area contributed by atoms with Crippen molar-refractivity contribution in [3.63, 3.8) is 0 Å². The third kappa shape index (κ3) is 4.19.